The Kier molecular flexibility index (Phi) is 4.94. The minimum Gasteiger partial charge on any atom is -0.207 e. The number of thioether (sulfide) groups is 1. The van der Waals surface area contributed by atoms with Crippen molar-refractivity contribution in [2.75, 3.05) is 13.3 Å². The molecule has 0 amide bonds. The third kappa shape index (κ3) is 3.48. The molecule has 24 heavy (non-hydrogen) atoms. The lowest BCUT2D eigenvalue weighted by molar-refractivity contribution is 0.467. The molecule has 0 fully saturated rings. The summed E-state index contributed by atoms with van der Waals surface area (Å²) in [5.41, 5.74) is 0.972. The van der Waals surface area contributed by atoms with Gasteiger partial charge in [0.2, 0.25) is 10.0 Å². The second-order valence-electron chi connectivity index (χ2n) is 5.62. The van der Waals surface area contributed by atoms with Gasteiger partial charge in [0.25, 0.3) is 0 Å². The van der Waals surface area contributed by atoms with E-state index in [1.54, 1.807) is 30.9 Å². The number of nitrogens with zero attached hydrogens (tertiary/aromatic N) is 1. The Morgan fingerprint density at radius 1 is 0.917 bits per heavy atom. The van der Waals surface area contributed by atoms with Gasteiger partial charge in [0, 0.05) is 18.5 Å². The summed E-state index contributed by atoms with van der Waals surface area (Å²) in [6, 6.07) is 21.0. The van der Waals surface area contributed by atoms with Crippen LogP contribution in [0.15, 0.2) is 76.5 Å². The minimum atomic E-state index is -3.52. The van der Waals surface area contributed by atoms with Crippen LogP contribution in [0.5, 0.6) is 0 Å². The maximum Gasteiger partial charge on any atom is 0.243 e. The van der Waals surface area contributed by atoms with Crippen LogP contribution in [-0.4, -0.2) is 26.0 Å². The molecule has 0 saturated carbocycles. The first-order valence-electron chi connectivity index (χ1n) is 7.59. The molecule has 0 atom stereocenters. The second-order valence-corrected chi connectivity index (χ2v) is 8.54. The molecule has 0 aliphatic carbocycles. The average molecular weight is 358 g/mol. The summed E-state index contributed by atoms with van der Waals surface area (Å²) in [5.74, 6) is 0. The Morgan fingerprint density at radius 2 is 1.58 bits per heavy atom. The smallest absolute Gasteiger partial charge is 0.207 e. The first kappa shape index (κ1) is 17.0. The number of hydrogen-bond donors (Lipinski definition) is 0. The number of fused-ring (bicyclic) bond motifs is 1. The molecule has 3 aromatic carbocycles. The van der Waals surface area contributed by atoms with Crippen LogP contribution in [0.1, 0.15) is 5.56 Å². The normalized spacial score (nSPS) is 12.0. The lowest BCUT2D eigenvalue weighted by Gasteiger charge is -2.18. The molecule has 0 aromatic heterocycles. The third-order valence-electron chi connectivity index (χ3n) is 3.99. The standard InChI is InChI=1S/C19H19NO2S2/c1-20(14-15-7-10-18(23-2)11-8-15)24(21,22)19-12-9-16-5-3-4-6-17(16)13-19/h3-13H,14H2,1-2H3. The summed E-state index contributed by atoms with van der Waals surface area (Å²) in [6.07, 6.45) is 2.02. The van der Waals surface area contributed by atoms with Crippen molar-refractivity contribution in [3.8, 4) is 0 Å². The molecule has 0 spiro atoms. The first-order valence-corrected chi connectivity index (χ1v) is 10.3. The molecule has 0 heterocycles. The SMILES string of the molecule is CSc1ccc(CN(C)S(=O)(=O)c2ccc3ccccc3c2)cc1. The Morgan fingerprint density at radius 3 is 2.25 bits per heavy atom. The van der Waals surface area contributed by atoms with Gasteiger partial charge in [-0.05, 0) is 46.9 Å². The van der Waals surface area contributed by atoms with Gasteiger partial charge in [-0.2, -0.15) is 4.31 Å². The average Bonchev–Trinajstić information content (AvgIpc) is 2.61. The summed E-state index contributed by atoms with van der Waals surface area (Å²) in [4.78, 5) is 1.49. The van der Waals surface area contributed by atoms with Crippen molar-refractivity contribution in [3.63, 3.8) is 0 Å². The molecular formula is C19H19NO2S2. The van der Waals surface area contributed by atoms with E-state index in [-0.39, 0.29) is 0 Å². The molecular weight excluding hydrogens is 338 g/mol. The lowest BCUT2D eigenvalue weighted by atomic mass is 10.1. The van der Waals surface area contributed by atoms with Crippen LogP contribution in [0.2, 0.25) is 0 Å². The number of hydrogen-bond acceptors (Lipinski definition) is 3. The van der Waals surface area contributed by atoms with Gasteiger partial charge in [-0.25, -0.2) is 8.42 Å². The lowest BCUT2D eigenvalue weighted by Crippen LogP contribution is -2.26. The Hall–Kier alpha value is -1.82. The van der Waals surface area contributed by atoms with E-state index in [0.29, 0.717) is 11.4 Å². The van der Waals surface area contributed by atoms with E-state index in [4.69, 9.17) is 0 Å². The van der Waals surface area contributed by atoms with Gasteiger partial charge in [-0.3, -0.25) is 0 Å². The van der Waals surface area contributed by atoms with E-state index in [2.05, 4.69) is 0 Å². The molecule has 0 aliphatic rings. The molecule has 0 radical (unpaired) electrons. The highest BCUT2D eigenvalue weighted by molar-refractivity contribution is 7.98. The van der Waals surface area contributed by atoms with Crippen molar-refractivity contribution >= 4 is 32.6 Å². The predicted molar refractivity (Wildman–Crippen MR) is 101 cm³/mol. The van der Waals surface area contributed by atoms with Gasteiger partial charge in [0.05, 0.1) is 4.90 Å². The summed E-state index contributed by atoms with van der Waals surface area (Å²) >= 11 is 1.67. The fraction of sp³-hybridized carbons (Fsp3) is 0.158. The molecule has 0 N–H and O–H groups in total. The van der Waals surface area contributed by atoms with E-state index >= 15 is 0 Å². The van der Waals surface area contributed by atoms with Crippen LogP contribution in [0.3, 0.4) is 0 Å². The maximum atomic E-state index is 12.8. The van der Waals surface area contributed by atoms with Gasteiger partial charge < -0.3 is 0 Å². The molecule has 5 heteroatoms. The van der Waals surface area contributed by atoms with Gasteiger partial charge in [0.15, 0.2) is 0 Å². The number of rotatable bonds is 5. The topological polar surface area (TPSA) is 37.4 Å². The highest BCUT2D eigenvalue weighted by Gasteiger charge is 2.21. The van der Waals surface area contributed by atoms with Crippen LogP contribution in [0.25, 0.3) is 10.8 Å². The third-order valence-corrected chi connectivity index (χ3v) is 6.54. The summed E-state index contributed by atoms with van der Waals surface area (Å²) in [7, 11) is -1.90. The van der Waals surface area contributed by atoms with Crippen LogP contribution >= 0.6 is 11.8 Å². The quantitative estimate of drug-likeness (QED) is 0.636. The Bertz CT molecular complexity index is 951. The summed E-state index contributed by atoms with van der Waals surface area (Å²) < 4.78 is 27.0. The highest BCUT2D eigenvalue weighted by atomic mass is 32.2. The molecule has 3 nitrogen and oxygen atoms in total. The van der Waals surface area contributed by atoms with E-state index in [1.807, 2.05) is 60.9 Å². The Balaban J connectivity index is 1.86. The molecule has 3 rings (SSSR count). The zero-order valence-electron chi connectivity index (χ0n) is 13.6. The van der Waals surface area contributed by atoms with Gasteiger partial charge in [0.1, 0.15) is 0 Å². The number of sulfonamides is 1. The second kappa shape index (κ2) is 6.97. The fourth-order valence-corrected chi connectivity index (χ4v) is 4.18. The maximum absolute atomic E-state index is 12.8. The first-order chi connectivity index (χ1) is 11.5. The fourth-order valence-electron chi connectivity index (χ4n) is 2.58. The molecule has 0 unspecified atom stereocenters. The van der Waals surface area contributed by atoms with Crippen molar-refractivity contribution in [2.45, 2.75) is 16.3 Å². The van der Waals surface area contributed by atoms with Crippen LogP contribution < -0.4 is 0 Å². The number of benzene rings is 3. The van der Waals surface area contributed by atoms with Crippen molar-refractivity contribution < 1.29 is 8.42 Å². The zero-order chi connectivity index (χ0) is 17.2. The molecule has 0 saturated heterocycles. The summed E-state index contributed by atoms with van der Waals surface area (Å²) in [5, 5.41) is 1.96. The van der Waals surface area contributed by atoms with E-state index in [9.17, 15) is 8.42 Å². The molecule has 0 bridgehead atoms. The van der Waals surface area contributed by atoms with E-state index in [0.717, 1.165) is 16.3 Å². The van der Waals surface area contributed by atoms with Crippen LogP contribution in [-0.2, 0) is 16.6 Å². The van der Waals surface area contributed by atoms with Crippen molar-refractivity contribution in [3.05, 3.63) is 72.3 Å². The molecule has 124 valence electrons. The van der Waals surface area contributed by atoms with Crippen LogP contribution in [0.4, 0.5) is 0 Å². The zero-order valence-corrected chi connectivity index (χ0v) is 15.3. The monoisotopic (exact) mass is 357 g/mol. The van der Waals surface area contributed by atoms with Gasteiger partial charge >= 0.3 is 0 Å². The van der Waals surface area contributed by atoms with E-state index < -0.39 is 10.0 Å². The van der Waals surface area contributed by atoms with Gasteiger partial charge in [-0.1, -0.05) is 42.5 Å². The van der Waals surface area contributed by atoms with Crippen molar-refractivity contribution in [2.24, 2.45) is 0 Å². The molecule has 3 aromatic rings. The predicted octanol–water partition coefficient (Wildman–Crippen LogP) is 4.38. The largest absolute Gasteiger partial charge is 0.243 e. The summed E-state index contributed by atoms with van der Waals surface area (Å²) in [6.45, 7) is 0.351. The van der Waals surface area contributed by atoms with Crippen LogP contribution in [0, 0.1) is 0 Å². The minimum absolute atomic E-state index is 0.324. The van der Waals surface area contributed by atoms with Crippen molar-refractivity contribution in [1.82, 2.24) is 4.31 Å². The van der Waals surface area contributed by atoms with E-state index in [1.165, 1.54) is 9.20 Å². The Labute approximate surface area is 147 Å². The molecule has 0 aliphatic heterocycles. The van der Waals surface area contributed by atoms with Gasteiger partial charge in [-0.15, -0.1) is 11.8 Å². The van der Waals surface area contributed by atoms with Crippen molar-refractivity contribution in [1.29, 1.82) is 0 Å². The highest BCUT2D eigenvalue weighted by Crippen LogP contribution is 2.23.